The molecule has 0 amide bonds. The van der Waals surface area contributed by atoms with Crippen LogP contribution < -0.4 is 27.6 Å². The summed E-state index contributed by atoms with van der Waals surface area (Å²) in [6.45, 7) is 3.61. The normalized spacial score (nSPS) is 13.9. The zero-order chi connectivity index (χ0) is 24.2. The molecule has 0 aliphatic heterocycles. The Morgan fingerprint density at radius 1 is 0.848 bits per heavy atom. The molecule has 33 heavy (non-hydrogen) atoms. The summed E-state index contributed by atoms with van der Waals surface area (Å²) in [7, 11) is 0. The van der Waals surface area contributed by atoms with Crippen molar-refractivity contribution in [2.45, 2.75) is 19.4 Å². The van der Waals surface area contributed by atoms with Crippen LogP contribution in [0, 0.1) is 13.8 Å². The minimum Gasteiger partial charge on any atom is -0.506 e. The highest BCUT2D eigenvalue weighted by Gasteiger charge is 2.36. The first kappa shape index (κ1) is 23.5. The molecule has 3 aromatic rings. The van der Waals surface area contributed by atoms with Gasteiger partial charge >= 0.3 is 0 Å². The van der Waals surface area contributed by atoms with Crippen LogP contribution >= 0.6 is 0 Å². The second-order valence-electron chi connectivity index (χ2n) is 7.72. The van der Waals surface area contributed by atoms with Crippen LogP contribution in [0.5, 0.6) is 11.5 Å². The van der Waals surface area contributed by atoms with Crippen molar-refractivity contribution in [2.24, 2.45) is 17.3 Å². The van der Waals surface area contributed by atoms with Gasteiger partial charge in [-0.1, -0.05) is 54.6 Å². The number of hydrogen-bond donors (Lipinski definition) is 7. The smallest absolute Gasteiger partial charge is 0.171 e. The van der Waals surface area contributed by atoms with Crippen molar-refractivity contribution in [3.8, 4) is 11.5 Å². The fraction of sp³-hybridized carbons (Fsp3) is 0.120. The summed E-state index contributed by atoms with van der Waals surface area (Å²) in [5.74, 6) is 6.17. The van der Waals surface area contributed by atoms with Crippen LogP contribution in [0.1, 0.15) is 16.7 Å². The minimum atomic E-state index is -1.94. The number of phenolic OH excluding ortho intramolecular Hbond substituents is 2. The summed E-state index contributed by atoms with van der Waals surface area (Å²) in [6.07, 6.45) is 2.68. The van der Waals surface area contributed by atoms with Gasteiger partial charge in [-0.3, -0.25) is 5.01 Å². The van der Waals surface area contributed by atoms with Crippen LogP contribution in [-0.2, 0) is 5.60 Å². The molecule has 0 heterocycles. The van der Waals surface area contributed by atoms with E-state index in [9.17, 15) is 15.3 Å². The molecule has 1 unspecified atom stereocenters. The Kier molecular flexibility index (Phi) is 6.81. The number of hydrogen-bond acceptors (Lipinski definition) is 8. The second kappa shape index (κ2) is 9.56. The highest BCUT2D eigenvalue weighted by Crippen LogP contribution is 2.35. The molecular weight excluding hydrogens is 418 g/mol. The molecule has 3 rings (SSSR count). The number of benzene rings is 3. The van der Waals surface area contributed by atoms with E-state index in [1.54, 1.807) is 55.5 Å². The summed E-state index contributed by atoms with van der Waals surface area (Å²) in [6, 6.07) is 18.7. The molecule has 10 N–H and O–H groups in total. The molecule has 0 saturated heterocycles. The molecule has 0 aliphatic rings. The maximum Gasteiger partial charge on any atom is 0.171 e. The molecule has 0 radical (unpaired) electrons. The van der Waals surface area contributed by atoms with Crippen molar-refractivity contribution in [1.82, 2.24) is 0 Å². The van der Waals surface area contributed by atoms with Crippen molar-refractivity contribution >= 4 is 11.4 Å². The van der Waals surface area contributed by atoms with Gasteiger partial charge in [0.05, 0.1) is 17.1 Å². The third-order valence-electron chi connectivity index (χ3n) is 5.40. The first-order valence-corrected chi connectivity index (χ1v) is 10.3. The fourth-order valence-corrected chi connectivity index (χ4v) is 3.56. The number of phenols is 2. The number of rotatable bonds is 7. The summed E-state index contributed by atoms with van der Waals surface area (Å²) in [5.41, 5.74) is 13.3. The SMILES string of the molecule is Cc1cccc(O)c1N/C=C(\N)C(O)(/C(N)=C/N(N)c1c(C)cccc1O)c1ccccc1. The van der Waals surface area contributed by atoms with Crippen LogP contribution in [0.25, 0.3) is 0 Å². The predicted molar refractivity (Wildman–Crippen MR) is 131 cm³/mol. The van der Waals surface area contributed by atoms with Gasteiger partial charge in [0.2, 0.25) is 0 Å². The van der Waals surface area contributed by atoms with Gasteiger partial charge in [0.25, 0.3) is 0 Å². The first-order valence-electron chi connectivity index (χ1n) is 10.3. The van der Waals surface area contributed by atoms with Crippen molar-refractivity contribution in [3.05, 3.63) is 107 Å². The van der Waals surface area contributed by atoms with E-state index in [4.69, 9.17) is 17.3 Å². The molecule has 8 heteroatoms. The summed E-state index contributed by atoms with van der Waals surface area (Å²) >= 11 is 0. The average molecular weight is 448 g/mol. The third kappa shape index (κ3) is 4.72. The van der Waals surface area contributed by atoms with Crippen molar-refractivity contribution in [1.29, 1.82) is 0 Å². The van der Waals surface area contributed by atoms with E-state index >= 15 is 0 Å². The number of para-hydroxylation sites is 2. The Hall–Kier alpha value is -4.14. The molecule has 0 saturated carbocycles. The number of nitrogens with zero attached hydrogens (tertiary/aromatic N) is 1. The van der Waals surface area contributed by atoms with Crippen LogP contribution in [0.15, 0.2) is 90.5 Å². The van der Waals surface area contributed by atoms with Gasteiger partial charge in [0.15, 0.2) is 5.60 Å². The van der Waals surface area contributed by atoms with Crippen molar-refractivity contribution < 1.29 is 15.3 Å². The van der Waals surface area contributed by atoms with E-state index in [1.165, 1.54) is 24.5 Å². The zero-order valence-electron chi connectivity index (χ0n) is 18.5. The molecule has 0 bridgehead atoms. The molecular formula is C25H29N5O3. The molecule has 1 atom stereocenters. The van der Waals surface area contributed by atoms with Gasteiger partial charge in [0.1, 0.15) is 17.2 Å². The van der Waals surface area contributed by atoms with Crippen LogP contribution in [0.4, 0.5) is 11.4 Å². The third-order valence-corrected chi connectivity index (χ3v) is 5.40. The predicted octanol–water partition coefficient (Wildman–Crippen LogP) is 2.99. The van der Waals surface area contributed by atoms with Gasteiger partial charge in [-0.2, -0.15) is 0 Å². The number of aromatic hydroxyl groups is 2. The van der Waals surface area contributed by atoms with Crippen LogP contribution in [0.3, 0.4) is 0 Å². The zero-order valence-corrected chi connectivity index (χ0v) is 18.5. The van der Waals surface area contributed by atoms with Gasteiger partial charge in [-0.15, -0.1) is 0 Å². The number of aryl methyl sites for hydroxylation is 2. The van der Waals surface area contributed by atoms with E-state index in [-0.39, 0.29) is 22.9 Å². The molecule has 0 aromatic heterocycles. The highest BCUT2D eigenvalue weighted by molar-refractivity contribution is 5.65. The minimum absolute atomic E-state index is 0.0347. The Balaban J connectivity index is 2.06. The second-order valence-corrected chi connectivity index (χ2v) is 7.72. The van der Waals surface area contributed by atoms with Gasteiger partial charge in [-0.05, 0) is 42.7 Å². The topological polar surface area (TPSA) is 154 Å². The first-order chi connectivity index (χ1) is 15.7. The summed E-state index contributed by atoms with van der Waals surface area (Å²) in [4.78, 5) is 0. The Bertz CT molecular complexity index is 1150. The lowest BCUT2D eigenvalue weighted by atomic mass is 9.88. The lowest BCUT2D eigenvalue weighted by Gasteiger charge is -2.31. The summed E-state index contributed by atoms with van der Waals surface area (Å²) in [5, 5.41) is 36.2. The maximum atomic E-state index is 11.7. The number of anilines is 2. The maximum absolute atomic E-state index is 11.7. The molecule has 0 spiro atoms. The standard InChI is InChI=1S/C25H29N5O3/c1-16-8-6-12-19(31)23(16)29-14-21(26)25(33,18-10-4-3-5-11-18)22(27)15-30(28)24-17(2)9-7-13-20(24)32/h3-15,29,31-33H,26-28H2,1-2H3/b21-14-,22-15-. The highest BCUT2D eigenvalue weighted by atomic mass is 16.3. The number of nitrogens with two attached hydrogens (primary N) is 3. The largest absolute Gasteiger partial charge is 0.506 e. The Morgan fingerprint density at radius 2 is 1.45 bits per heavy atom. The van der Waals surface area contributed by atoms with Crippen molar-refractivity contribution in [2.75, 3.05) is 10.3 Å². The Labute approximate surface area is 192 Å². The van der Waals surface area contributed by atoms with E-state index in [1.807, 2.05) is 13.0 Å². The van der Waals surface area contributed by atoms with Crippen molar-refractivity contribution in [3.63, 3.8) is 0 Å². The molecule has 0 fully saturated rings. The van der Waals surface area contributed by atoms with E-state index in [0.717, 1.165) is 10.6 Å². The number of aliphatic hydroxyl groups is 1. The van der Waals surface area contributed by atoms with E-state index in [0.29, 0.717) is 22.5 Å². The summed E-state index contributed by atoms with van der Waals surface area (Å²) < 4.78 is 0. The van der Waals surface area contributed by atoms with Crippen LogP contribution in [-0.4, -0.2) is 15.3 Å². The molecule has 172 valence electrons. The number of hydrazine groups is 1. The quantitative estimate of drug-likeness (QED) is 0.166. The fourth-order valence-electron chi connectivity index (χ4n) is 3.56. The van der Waals surface area contributed by atoms with Gasteiger partial charge < -0.3 is 32.1 Å². The molecule has 3 aromatic carbocycles. The molecule has 0 aliphatic carbocycles. The van der Waals surface area contributed by atoms with Gasteiger partial charge in [-0.25, -0.2) is 5.84 Å². The Morgan fingerprint density at radius 3 is 2.06 bits per heavy atom. The van der Waals surface area contributed by atoms with Crippen LogP contribution in [0.2, 0.25) is 0 Å². The van der Waals surface area contributed by atoms with Gasteiger partial charge in [0, 0.05) is 12.4 Å². The monoisotopic (exact) mass is 447 g/mol. The van der Waals surface area contributed by atoms with E-state index < -0.39 is 5.60 Å². The lowest BCUT2D eigenvalue weighted by molar-refractivity contribution is 0.112. The van der Waals surface area contributed by atoms with E-state index in [2.05, 4.69) is 5.32 Å². The molecule has 8 nitrogen and oxygen atoms in total. The number of nitrogens with one attached hydrogen (secondary N) is 1. The average Bonchev–Trinajstić information content (AvgIpc) is 2.78. The lowest BCUT2D eigenvalue weighted by Crippen LogP contribution is -2.41.